The van der Waals surface area contributed by atoms with Crippen LogP contribution >= 0.6 is 0 Å². The molecule has 0 rings (SSSR count). The van der Waals surface area contributed by atoms with Crippen LogP contribution in [0.15, 0.2) is 0 Å². The summed E-state index contributed by atoms with van der Waals surface area (Å²) >= 11 is 0. The Morgan fingerprint density at radius 3 is 1.78 bits per heavy atom. The number of hydrogen-bond donors (Lipinski definition) is 2. The van der Waals surface area contributed by atoms with Crippen molar-refractivity contribution in [1.29, 1.82) is 0 Å². The third-order valence-electron chi connectivity index (χ3n) is 3.15. The summed E-state index contributed by atoms with van der Waals surface area (Å²) in [6.45, 7) is 10.8. The highest BCUT2D eigenvalue weighted by Gasteiger charge is 2.24. The topological polar surface area (TPSA) is 66.6 Å². The maximum atomic E-state index is 11.3. The lowest BCUT2D eigenvalue weighted by atomic mass is 10.1. The van der Waals surface area contributed by atoms with E-state index in [-0.39, 0.29) is 0 Å². The Labute approximate surface area is 112 Å². The first kappa shape index (κ1) is 17.4. The minimum absolute atomic E-state index is 0.424. The summed E-state index contributed by atoms with van der Waals surface area (Å²) in [5.74, 6) is 0.450. The summed E-state index contributed by atoms with van der Waals surface area (Å²) in [5.41, 5.74) is 5.53. The van der Waals surface area contributed by atoms with Crippen LogP contribution in [-0.4, -0.2) is 41.7 Å². The Morgan fingerprint density at radius 1 is 1.06 bits per heavy atom. The zero-order valence-electron chi connectivity index (χ0n) is 12.4. The van der Waals surface area contributed by atoms with Gasteiger partial charge in [-0.3, -0.25) is 9.69 Å². The Kier molecular flexibility index (Phi) is 9.02. The summed E-state index contributed by atoms with van der Waals surface area (Å²) in [4.78, 5) is 13.4. The summed E-state index contributed by atoms with van der Waals surface area (Å²) < 4.78 is 0. The van der Waals surface area contributed by atoms with Crippen LogP contribution in [0.4, 0.5) is 0 Å². The van der Waals surface area contributed by atoms with Gasteiger partial charge in [0.1, 0.15) is 6.04 Å². The van der Waals surface area contributed by atoms with Gasteiger partial charge in [-0.1, -0.05) is 27.7 Å². The van der Waals surface area contributed by atoms with Crippen LogP contribution in [0.25, 0.3) is 0 Å². The lowest BCUT2D eigenvalue weighted by molar-refractivity contribution is -0.143. The predicted molar refractivity (Wildman–Crippen MR) is 75.6 cm³/mol. The summed E-state index contributed by atoms with van der Waals surface area (Å²) in [7, 11) is 0. The molecule has 0 aromatic heterocycles. The van der Waals surface area contributed by atoms with Gasteiger partial charge in [0.15, 0.2) is 0 Å². The van der Waals surface area contributed by atoms with Gasteiger partial charge < -0.3 is 10.8 Å². The molecule has 0 aromatic rings. The van der Waals surface area contributed by atoms with E-state index >= 15 is 0 Å². The van der Waals surface area contributed by atoms with Crippen LogP contribution < -0.4 is 5.73 Å². The van der Waals surface area contributed by atoms with E-state index in [1.54, 1.807) is 0 Å². The summed E-state index contributed by atoms with van der Waals surface area (Å²) in [5, 5.41) is 9.31. The summed E-state index contributed by atoms with van der Waals surface area (Å²) in [6, 6.07) is -0.424. The second kappa shape index (κ2) is 9.34. The van der Waals surface area contributed by atoms with E-state index in [1.165, 1.54) is 0 Å². The van der Waals surface area contributed by atoms with Gasteiger partial charge in [0.2, 0.25) is 0 Å². The molecule has 0 aliphatic rings. The van der Waals surface area contributed by atoms with Gasteiger partial charge >= 0.3 is 5.97 Å². The second-order valence-corrected chi connectivity index (χ2v) is 5.83. The van der Waals surface area contributed by atoms with Crippen LogP contribution in [0.2, 0.25) is 0 Å². The molecule has 108 valence electrons. The molecular weight excluding hydrogens is 228 g/mol. The first-order valence-electron chi connectivity index (χ1n) is 7.05. The molecule has 0 saturated carbocycles. The van der Waals surface area contributed by atoms with Gasteiger partial charge in [0.25, 0.3) is 0 Å². The molecule has 0 saturated heterocycles. The van der Waals surface area contributed by atoms with Gasteiger partial charge in [0.05, 0.1) is 0 Å². The van der Waals surface area contributed by atoms with Crippen molar-refractivity contribution in [3.05, 3.63) is 0 Å². The molecule has 0 spiro atoms. The van der Waals surface area contributed by atoms with E-state index < -0.39 is 12.0 Å². The molecule has 0 aliphatic carbocycles. The lowest BCUT2D eigenvalue weighted by Crippen LogP contribution is -2.44. The normalized spacial score (nSPS) is 13.6. The van der Waals surface area contributed by atoms with E-state index in [2.05, 4.69) is 32.6 Å². The molecule has 0 heterocycles. The summed E-state index contributed by atoms with van der Waals surface area (Å²) in [6.07, 6.45) is 2.60. The van der Waals surface area contributed by atoms with E-state index in [1.807, 2.05) is 0 Å². The first-order chi connectivity index (χ1) is 8.38. The van der Waals surface area contributed by atoms with Gasteiger partial charge in [-0.25, -0.2) is 0 Å². The van der Waals surface area contributed by atoms with Crippen molar-refractivity contribution in [2.24, 2.45) is 17.6 Å². The average Bonchev–Trinajstić information content (AvgIpc) is 2.26. The van der Waals surface area contributed by atoms with Crippen molar-refractivity contribution in [2.45, 2.75) is 53.0 Å². The fourth-order valence-corrected chi connectivity index (χ4v) is 1.89. The zero-order valence-corrected chi connectivity index (χ0v) is 12.4. The molecule has 1 atom stereocenters. The van der Waals surface area contributed by atoms with Crippen LogP contribution in [0, 0.1) is 11.8 Å². The van der Waals surface area contributed by atoms with E-state index in [0.29, 0.717) is 24.8 Å². The molecular formula is C14H30N2O2. The fourth-order valence-electron chi connectivity index (χ4n) is 1.89. The molecule has 1 unspecified atom stereocenters. The van der Waals surface area contributed by atoms with Gasteiger partial charge in [-0.2, -0.15) is 0 Å². The molecule has 4 nitrogen and oxygen atoms in total. The number of aliphatic carboxylic acids is 1. The Bertz CT molecular complexity index is 218. The third-order valence-corrected chi connectivity index (χ3v) is 3.15. The number of carboxylic acid groups (broad SMARTS) is 1. The van der Waals surface area contributed by atoms with E-state index in [0.717, 1.165) is 25.9 Å². The van der Waals surface area contributed by atoms with Crippen LogP contribution in [0.5, 0.6) is 0 Å². The SMILES string of the molecule is CC(C)CCN(CCC(C)C)C(CCN)C(=O)O. The number of hydrogen-bond acceptors (Lipinski definition) is 3. The maximum Gasteiger partial charge on any atom is 0.320 e. The van der Waals surface area contributed by atoms with Crippen LogP contribution in [0.1, 0.15) is 47.0 Å². The third kappa shape index (κ3) is 7.67. The second-order valence-electron chi connectivity index (χ2n) is 5.83. The lowest BCUT2D eigenvalue weighted by Gasteiger charge is -2.29. The Hall–Kier alpha value is -0.610. The van der Waals surface area contributed by atoms with E-state index in [4.69, 9.17) is 5.73 Å². The van der Waals surface area contributed by atoms with E-state index in [9.17, 15) is 9.90 Å². The zero-order chi connectivity index (χ0) is 14.1. The quantitative estimate of drug-likeness (QED) is 0.630. The Balaban J connectivity index is 4.52. The van der Waals surface area contributed by atoms with Crippen molar-refractivity contribution in [2.75, 3.05) is 19.6 Å². The first-order valence-corrected chi connectivity index (χ1v) is 7.05. The number of carbonyl (C=O) groups is 1. The smallest absolute Gasteiger partial charge is 0.320 e. The molecule has 0 radical (unpaired) electrons. The largest absolute Gasteiger partial charge is 0.480 e. The van der Waals surface area contributed by atoms with Crippen LogP contribution in [-0.2, 0) is 4.79 Å². The fraction of sp³-hybridized carbons (Fsp3) is 0.929. The van der Waals surface area contributed by atoms with Crippen LogP contribution in [0.3, 0.4) is 0 Å². The molecule has 0 amide bonds. The maximum absolute atomic E-state index is 11.3. The molecule has 4 heteroatoms. The molecule has 3 N–H and O–H groups in total. The Morgan fingerprint density at radius 2 is 1.50 bits per heavy atom. The van der Waals surface area contributed by atoms with Crippen molar-refractivity contribution < 1.29 is 9.90 Å². The highest BCUT2D eigenvalue weighted by atomic mass is 16.4. The average molecular weight is 258 g/mol. The van der Waals surface area contributed by atoms with Crippen molar-refractivity contribution in [3.63, 3.8) is 0 Å². The standard InChI is InChI=1S/C14H30N2O2/c1-11(2)6-9-16(10-7-12(3)4)13(5-8-15)14(17)18/h11-13H,5-10,15H2,1-4H3,(H,17,18). The predicted octanol–water partition coefficient (Wildman–Crippen LogP) is 2.18. The monoisotopic (exact) mass is 258 g/mol. The van der Waals surface area contributed by atoms with Gasteiger partial charge in [-0.15, -0.1) is 0 Å². The molecule has 0 fully saturated rings. The number of nitrogens with two attached hydrogens (primary N) is 1. The highest BCUT2D eigenvalue weighted by molar-refractivity contribution is 5.73. The molecule has 0 bridgehead atoms. The molecule has 0 aromatic carbocycles. The van der Waals surface area contributed by atoms with Gasteiger partial charge in [-0.05, 0) is 50.7 Å². The minimum atomic E-state index is -0.743. The number of rotatable bonds is 10. The number of nitrogens with zero attached hydrogens (tertiary/aromatic N) is 1. The molecule has 18 heavy (non-hydrogen) atoms. The minimum Gasteiger partial charge on any atom is -0.480 e. The van der Waals surface area contributed by atoms with Crippen molar-refractivity contribution in [3.8, 4) is 0 Å². The van der Waals surface area contributed by atoms with Crippen molar-refractivity contribution >= 4 is 5.97 Å². The molecule has 0 aliphatic heterocycles. The number of carboxylic acids is 1. The highest BCUT2D eigenvalue weighted by Crippen LogP contribution is 2.12. The van der Waals surface area contributed by atoms with Crippen molar-refractivity contribution in [1.82, 2.24) is 4.90 Å². The van der Waals surface area contributed by atoms with Gasteiger partial charge in [0, 0.05) is 0 Å².